The third kappa shape index (κ3) is 2.47. The molecule has 1 aliphatic carbocycles. The molecule has 2 atom stereocenters. The van der Waals surface area contributed by atoms with Crippen LogP contribution >= 0.6 is 0 Å². The van der Waals surface area contributed by atoms with Crippen molar-refractivity contribution in [3.63, 3.8) is 0 Å². The Hall–Kier alpha value is -1.72. The van der Waals surface area contributed by atoms with E-state index >= 15 is 0 Å². The highest BCUT2D eigenvalue weighted by molar-refractivity contribution is 5.52. The molecule has 5 heteroatoms. The molecule has 2 aromatic rings. The van der Waals surface area contributed by atoms with Crippen LogP contribution in [0.1, 0.15) is 37.1 Å². The van der Waals surface area contributed by atoms with Crippen LogP contribution in [0.15, 0.2) is 28.7 Å². The fourth-order valence-corrected chi connectivity index (χ4v) is 4.44. The van der Waals surface area contributed by atoms with Gasteiger partial charge < -0.3 is 4.42 Å². The largest absolute Gasteiger partial charge is 0.419 e. The summed E-state index contributed by atoms with van der Waals surface area (Å²) < 4.78 is 5.91. The van der Waals surface area contributed by atoms with Crippen LogP contribution in [0, 0.1) is 6.92 Å². The smallest absolute Gasteiger partial charge is 0.247 e. The van der Waals surface area contributed by atoms with E-state index in [1.807, 2.05) is 12.1 Å². The zero-order valence-corrected chi connectivity index (χ0v) is 14.2. The first-order chi connectivity index (χ1) is 11.8. The molecule has 2 saturated heterocycles. The van der Waals surface area contributed by atoms with Gasteiger partial charge in [-0.05, 0) is 38.3 Å². The molecule has 5 rings (SSSR count). The minimum Gasteiger partial charge on any atom is -0.419 e. The predicted octanol–water partition coefficient (Wildman–Crippen LogP) is 2.86. The van der Waals surface area contributed by atoms with E-state index in [2.05, 4.69) is 39.1 Å². The molecular formula is C19H24N4O. The summed E-state index contributed by atoms with van der Waals surface area (Å²) in [4.78, 5) is 5.29. The number of hydrogen-bond donors (Lipinski definition) is 0. The number of piperazine rings is 1. The van der Waals surface area contributed by atoms with Crippen LogP contribution < -0.4 is 0 Å². The van der Waals surface area contributed by atoms with Gasteiger partial charge in [-0.3, -0.25) is 9.80 Å². The van der Waals surface area contributed by atoms with Gasteiger partial charge in [-0.1, -0.05) is 24.1 Å². The average molecular weight is 324 g/mol. The van der Waals surface area contributed by atoms with Gasteiger partial charge in [-0.15, -0.1) is 10.2 Å². The van der Waals surface area contributed by atoms with Gasteiger partial charge in [0, 0.05) is 36.8 Å². The van der Waals surface area contributed by atoms with Crippen molar-refractivity contribution in [1.82, 2.24) is 20.0 Å². The third-order valence-electron chi connectivity index (χ3n) is 6.04. The van der Waals surface area contributed by atoms with Crippen LogP contribution in [0.4, 0.5) is 0 Å². The molecule has 0 spiro atoms. The second-order valence-electron chi connectivity index (χ2n) is 7.62. The van der Waals surface area contributed by atoms with Gasteiger partial charge in [0.05, 0.1) is 6.54 Å². The van der Waals surface area contributed by atoms with Crippen LogP contribution in [-0.4, -0.2) is 51.2 Å². The summed E-state index contributed by atoms with van der Waals surface area (Å²) in [6.45, 7) is 5.26. The summed E-state index contributed by atoms with van der Waals surface area (Å²) in [7, 11) is 0. The van der Waals surface area contributed by atoms with E-state index in [1.54, 1.807) is 0 Å². The average Bonchev–Trinajstić information content (AvgIpc) is 3.23. The first kappa shape index (κ1) is 14.6. The number of aryl methyl sites for hydroxylation is 1. The first-order valence-corrected chi connectivity index (χ1v) is 9.15. The Balaban J connectivity index is 1.24. The zero-order chi connectivity index (χ0) is 16.1. The van der Waals surface area contributed by atoms with Gasteiger partial charge in [0.1, 0.15) is 0 Å². The van der Waals surface area contributed by atoms with Crippen LogP contribution in [-0.2, 0) is 6.54 Å². The number of hydrogen-bond acceptors (Lipinski definition) is 5. The standard InChI is InChI=1S/C19H24N4O/c1-13-5-7-14(8-6-13)19-21-20-18(24-19)12-22-10-17-9-16(22)11-23(17)15-3-2-4-15/h5-8,15-17H,2-4,9-12H2,1H3/t16-,17-/m0/s1. The molecule has 5 nitrogen and oxygen atoms in total. The normalized spacial score (nSPS) is 27.7. The highest BCUT2D eigenvalue weighted by Gasteiger charge is 2.46. The number of nitrogens with zero attached hydrogens (tertiary/aromatic N) is 4. The summed E-state index contributed by atoms with van der Waals surface area (Å²) >= 11 is 0. The SMILES string of the molecule is Cc1ccc(-c2nnc(CN3C[C@@H]4C[C@H]3CN4C3CCC3)o2)cc1. The summed E-state index contributed by atoms with van der Waals surface area (Å²) in [6.07, 6.45) is 5.56. The van der Waals surface area contributed by atoms with Crippen molar-refractivity contribution in [2.45, 2.75) is 57.3 Å². The molecule has 0 unspecified atom stereocenters. The van der Waals surface area contributed by atoms with E-state index in [9.17, 15) is 0 Å². The topological polar surface area (TPSA) is 45.4 Å². The van der Waals surface area contributed by atoms with Gasteiger partial charge in [-0.25, -0.2) is 0 Å². The summed E-state index contributed by atoms with van der Waals surface area (Å²) in [6, 6.07) is 10.5. The monoisotopic (exact) mass is 324 g/mol. The molecule has 3 heterocycles. The second-order valence-corrected chi connectivity index (χ2v) is 7.62. The van der Waals surface area contributed by atoms with Crippen LogP contribution in [0.25, 0.3) is 11.5 Å². The lowest BCUT2D eigenvalue weighted by atomic mass is 9.91. The van der Waals surface area contributed by atoms with E-state index in [0.717, 1.165) is 36.6 Å². The maximum atomic E-state index is 5.91. The van der Waals surface area contributed by atoms with Gasteiger partial charge in [-0.2, -0.15) is 0 Å². The van der Waals surface area contributed by atoms with Crippen molar-refractivity contribution in [2.75, 3.05) is 13.1 Å². The molecule has 1 saturated carbocycles. The lowest BCUT2D eigenvalue weighted by molar-refractivity contribution is 0.0514. The Kier molecular flexibility index (Phi) is 3.45. The van der Waals surface area contributed by atoms with Crippen molar-refractivity contribution < 1.29 is 4.42 Å². The highest BCUT2D eigenvalue weighted by atomic mass is 16.4. The lowest BCUT2D eigenvalue weighted by Gasteiger charge is -2.42. The summed E-state index contributed by atoms with van der Waals surface area (Å²) in [5, 5.41) is 8.50. The van der Waals surface area contributed by atoms with E-state index in [4.69, 9.17) is 4.42 Å². The van der Waals surface area contributed by atoms with Gasteiger partial charge in [0.2, 0.25) is 11.8 Å². The molecule has 0 amide bonds. The van der Waals surface area contributed by atoms with Crippen molar-refractivity contribution >= 4 is 0 Å². The molecule has 3 aliphatic rings. The fraction of sp³-hybridized carbons (Fsp3) is 0.579. The second kappa shape index (κ2) is 5.67. The molecular weight excluding hydrogens is 300 g/mol. The summed E-state index contributed by atoms with van der Waals surface area (Å²) in [5.41, 5.74) is 2.24. The van der Waals surface area contributed by atoms with Crippen LogP contribution in [0.5, 0.6) is 0 Å². The number of fused-ring (bicyclic) bond motifs is 2. The summed E-state index contributed by atoms with van der Waals surface area (Å²) in [5.74, 6) is 1.37. The molecule has 24 heavy (non-hydrogen) atoms. The third-order valence-corrected chi connectivity index (χ3v) is 6.04. The Morgan fingerprint density at radius 3 is 2.54 bits per heavy atom. The van der Waals surface area contributed by atoms with E-state index in [-0.39, 0.29) is 0 Å². The van der Waals surface area contributed by atoms with Gasteiger partial charge in [0.25, 0.3) is 0 Å². The molecule has 126 valence electrons. The Bertz CT molecular complexity index is 721. The number of benzene rings is 1. The quantitative estimate of drug-likeness (QED) is 0.865. The molecule has 1 aromatic heterocycles. The lowest BCUT2D eigenvalue weighted by Crippen LogP contribution is -2.52. The minimum absolute atomic E-state index is 0.630. The molecule has 2 bridgehead atoms. The number of aromatic nitrogens is 2. The zero-order valence-electron chi connectivity index (χ0n) is 14.2. The van der Waals surface area contributed by atoms with E-state index in [1.165, 1.54) is 37.8 Å². The predicted molar refractivity (Wildman–Crippen MR) is 91.4 cm³/mol. The minimum atomic E-state index is 0.630. The van der Waals surface area contributed by atoms with E-state index in [0.29, 0.717) is 11.9 Å². The van der Waals surface area contributed by atoms with Gasteiger partial charge in [0.15, 0.2) is 0 Å². The Labute approximate surface area is 142 Å². The van der Waals surface area contributed by atoms with Gasteiger partial charge >= 0.3 is 0 Å². The highest BCUT2D eigenvalue weighted by Crippen LogP contribution is 2.38. The molecule has 1 aromatic carbocycles. The fourth-order valence-electron chi connectivity index (χ4n) is 4.44. The Morgan fingerprint density at radius 1 is 1.04 bits per heavy atom. The molecule has 0 N–H and O–H groups in total. The maximum absolute atomic E-state index is 5.91. The van der Waals surface area contributed by atoms with Crippen LogP contribution in [0.2, 0.25) is 0 Å². The molecule has 0 radical (unpaired) electrons. The van der Waals surface area contributed by atoms with Crippen molar-refractivity contribution in [3.8, 4) is 11.5 Å². The van der Waals surface area contributed by atoms with Crippen molar-refractivity contribution in [1.29, 1.82) is 0 Å². The van der Waals surface area contributed by atoms with Crippen molar-refractivity contribution in [3.05, 3.63) is 35.7 Å². The Morgan fingerprint density at radius 2 is 1.88 bits per heavy atom. The maximum Gasteiger partial charge on any atom is 0.247 e. The first-order valence-electron chi connectivity index (χ1n) is 9.15. The van der Waals surface area contributed by atoms with Crippen LogP contribution in [0.3, 0.4) is 0 Å². The molecule has 2 aliphatic heterocycles. The number of rotatable bonds is 4. The molecule has 3 fully saturated rings. The van der Waals surface area contributed by atoms with Crippen molar-refractivity contribution in [2.24, 2.45) is 0 Å². The van der Waals surface area contributed by atoms with E-state index < -0.39 is 0 Å². The number of likely N-dealkylation sites (tertiary alicyclic amines) is 2.